The van der Waals surface area contributed by atoms with Crippen molar-refractivity contribution in [3.05, 3.63) is 29.6 Å². The molecule has 1 saturated carbocycles. The quantitative estimate of drug-likeness (QED) is 0.806. The highest BCUT2D eigenvalue weighted by Gasteiger charge is 2.15. The third kappa shape index (κ3) is 3.93. The molecule has 0 saturated heterocycles. The third-order valence-electron chi connectivity index (χ3n) is 4.05. The Morgan fingerprint density at radius 1 is 1.35 bits per heavy atom. The summed E-state index contributed by atoms with van der Waals surface area (Å²) in [6.07, 6.45) is 5.12. The third-order valence-corrected chi connectivity index (χ3v) is 4.05. The van der Waals surface area contributed by atoms with E-state index in [4.69, 9.17) is 5.11 Å². The SMILES string of the molecule is CCN(CCO)c1cc(CNC2CCCC2)ccc1F. The van der Waals surface area contributed by atoms with Crippen molar-refractivity contribution in [3.63, 3.8) is 0 Å². The number of anilines is 1. The van der Waals surface area contributed by atoms with Crippen LogP contribution in [0.3, 0.4) is 0 Å². The molecule has 2 N–H and O–H groups in total. The molecule has 0 heterocycles. The second kappa shape index (κ2) is 7.60. The summed E-state index contributed by atoms with van der Waals surface area (Å²) < 4.78 is 13.9. The van der Waals surface area contributed by atoms with Crippen molar-refractivity contribution < 1.29 is 9.50 Å². The van der Waals surface area contributed by atoms with E-state index in [2.05, 4.69) is 5.32 Å². The Kier molecular flexibility index (Phi) is 5.80. The average Bonchev–Trinajstić information content (AvgIpc) is 2.97. The lowest BCUT2D eigenvalue weighted by Crippen LogP contribution is -2.28. The van der Waals surface area contributed by atoms with Crippen LogP contribution in [0, 0.1) is 5.82 Å². The normalized spacial score (nSPS) is 15.8. The molecule has 20 heavy (non-hydrogen) atoms. The number of benzene rings is 1. The molecule has 0 spiro atoms. The van der Waals surface area contributed by atoms with E-state index in [0.717, 1.165) is 12.1 Å². The summed E-state index contributed by atoms with van der Waals surface area (Å²) in [6, 6.07) is 5.88. The first-order valence-corrected chi connectivity index (χ1v) is 7.62. The van der Waals surface area contributed by atoms with Gasteiger partial charge in [-0.15, -0.1) is 0 Å². The molecule has 0 unspecified atom stereocenters. The molecule has 0 atom stereocenters. The van der Waals surface area contributed by atoms with Crippen molar-refractivity contribution in [3.8, 4) is 0 Å². The molecule has 112 valence electrons. The first-order valence-electron chi connectivity index (χ1n) is 7.62. The Morgan fingerprint density at radius 2 is 2.10 bits per heavy atom. The van der Waals surface area contributed by atoms with Crippen LogP contribution in [-0.2, 0) is 6.54 Å². The highest BCUT2D eigenvalue weighted by Crippen LogP contribution is 2.22. The van der Waals surface area contributed by atoms with Crippen molar-refractivity contribution in [1.29, 1.82) is 0 Å². The van der Waals surface area contributed by atoms with Gasteiger partial charge in [0.1, 0.15) is 5.82 Å². The molecule has 1 aromatic carbocycles. The largest absolute Gasteiger partial charge is 0.395 e. The second-order valence-electron chi connectivity index (χ2n) is 5.45. The molecule has 3 nitrogen and oxygen atoms in total. The van der Waals surface area contributed by atoms with Crippen LogP contribution in [0.5, 0.6) is 0 Å². The summed E-state index contributed by atoms with van der Waals surface area (Å²) >= 11 is 0. The fourth-order valence-corrected chi connectivity index (χ4v) is 2.87. The first-order chi connectivity index (χ1) is 9.74. The number of nitrogens with one attached hydrogen (secondary N) is 1. The Morgan fingerprint density at radius 3 is 2.75 bits per heavy atom. The molecule has 0 amide bonds. The minimum atomic E-state index is -0.218. The fourth-order valence-electron chi connectivity index (χ4n) is 2.87. The lowest BCUT2D eigenvalue weighted by atomic mass is 10.1. The maximum Gasteiger partial charge on any atom is 0.146 e. The van der Waals surface area contributed by atoms with E-state index in [9.17, 15) is 4.39 Å². The van der Waals surface area contributed by atoms with Gasteiger partial charge in [-0.05, 0) is 37.5 Å². The zero-order chi connectivity index (χ0) is 14.4. The number of hydrogen-bond donors (Lipinski definition) is 2. The van der Waals surface area contributed by atoms with E-state index >= 15 is 0 Å². The van der Waals surface area contributed by atoms with Crippen LogP contribution in [0.4, 0.5) is 10.1 Å². The number of aliphatic hydroxyl groups excluding tert-OH is 1. The Hall–Kier alpha value is -1.13. The van der Waals surface area contributed by atoms with Crippen molar-refractivity contribution in [2.24, 2.45) is 0 Å². The predicted octanol–water partition coefficient (Wildman–Crippen LogP) is 2.68. The monoisotopic (exact) mass is 280 g/mol. The molecule has 0 aliphatic heterocycles. The predicted molar refractivity (Wildman–Crippen MR) is 80.5 cm³/mol. The van der Waals surface area contributed by atoms with Gasteiger partial charge in [-0.25, -0.2) is 4.39 Å². The van der Waals surface area contributed by atoms with Gasteiger partial charge >= 0.3 is 0 Å². The van der Waals surface area contributed by atoms with E-state index in [-0.39, 0.29) is 12.4 Å². The lowest BCUT2D eigenvalue weighted by Gasteiger charge is -2.23. The van der Waals surface area contributed by atoms with Crippen molar-refractivity contribution >= 4 is 5.69 Å². The average molecular weight is 280 g/mol. The van der Waals surface area contributed by atoms with E-state index < -0.39 is 0 Å². The Bertz CT molecular complexity index is 419. The molecule has 0 radical (unpaired) electrons. The van der Waals surface area contributed by atoms with Crippen molar-refractivity contribution in [1.82, 2.24) is 5.32 Å². The Labute approximate surface area is 120 Å². The minimum Gasteiger partial charge on any atom is -0.395 e. The van der Waals surface area contributed by atoms with Gasteiger partial charge in [0.25, 0.3) is 0 Å². The van der Waals surface area contributed by atoms with Gasteiger partial charge in [-0.1, -0.05) is 18.9 Å². The van der Waals surface area contributed by atoms with E-state index in [1.165, 1.54) is 31.7 Å². The molecule has 1 aliphatic carbocycles. The molecule has 0 bridgehead atoms. The fraction of sp³-hybridized carbons (Fsp3) is 0.625. The van der Waals surface area contributed by atoms with Gasteiger partial charge in [-0.3, -0.25) is 0 Å². The van der Waals surface area contributed by atoms with E-state index in [1.807, 2.05) is 24.0 Å². The molecule has 1 aromatic rings. The molecule has 1 fully saturated rings. The summed E-state index contributed by atoms with van der Waals surface area (Å²) in [6.45, 7) is 3.95. The zero-order valence-electron chi connectivity index (χ0n) is 12.2. The van der Waals surface area contributed by atoms with E-state index in [1.54, 1.807) is 0 Å². The Balaban J connectivity index is 2.02. The summed E-state index contributed by atoms with van der Waals surface area (Å²) in [5.74, 6) is -0.218. The smallest absolute Gasteiger partial charge is 0.146 e. The van der Waals surface area contributed by atoms with Gasteiger partial charge in [0.05, 0.1) is 12.3 Å². The number of rotatable bonds is 7. The summed E-state index contributed by atoms with van der Waals surface area (Å²) in [5, 5.41) is 12.6. The van der Waals surface area contributed by atoms with Crippen LogP contribution >= 0.6 is 0 Å². The van der Waals surface area contributed by atoms with Gasteiger partial charge in [0.15, 0.2) is 0 Å². The van der Waals surface area contributed by atoms with Gasteiger partial charge < -0.3 is 15.3 Å². The van der Waals surface area contributed by atoms with Crippen LogP contribution in [-0.4, -0.2) is 30.8 Å². The number of likely N-dealkylation sites (N-methyl/N-ethyl adjacent to an activating group) is 1. The first kappa shape index (κ1) is 15.3. The van der Waals surface area contributed by atoms with Crippen LogP contribution < -0.4 is 10.2 Å². The zero-order valence-corrected chi connectivity index (χ0v) is 12.2. The summed E-state index contributed by atoms with van der Waals surface area (Å²) in [4.78, 5) is 1.87. The van der Waals surface area contributed by atoms with Crippen LogP contribution in [0.15, 0.2) is 18.2 Å². The van der Waals surface area contributed by atoms with Gasteiger partial charge in [-0.2, -0.15) is 0 Å². The van der Waals surface area contributed by atoms with Gasteiger partial charge in [0, 0.05) is 25.7 Å². The minimum absolute atomic E-state index is 0.0395. The molecule has 1 aliphatic rings. The highest BCUT2D eigenvalue weighted by atomic mass is 19.1. The molecular formula is C16H25FN2O. The molecule has 0 aromatic heterocycles. The number of nitrogens with zero attached hydrogens (tertiary/aromatic N) is 1. The highest BCUT2D eigenvalue weighted by molar-refractivity contribution is 5.50. The second-order valence-corrected chi connectivity index (χ2v) is 5.45. The maximum absolute atomic E-state index is 13.9. The summed E-state index contributed by atoms with van der Waals surface area (Å²) in [7, 11) is 0. The van der Waals surface area contributed by atoms with Crippen LogP contribution in [0.25, 0.3) is 0 Å². The van der Waals surface area contributed by atoms with Crippen LogP contribution in [0.2, 0.25) is 0 Å². The number of aliphatic hydroxyl groups is 1. The topological polar surface area (TPSA) is 35.5 Å². The molecular weight excluding hydrogens is 255 g/mol. The number of halogens is 1. The number of hydrogen-bond acceptors (Lipinski definition) is 3. The maximum atomic E-state index is 13.9. The van der Waals surface area contributed by atoms with E-state index in [0.29, 0.717) is 24.8 Å². The molecule has 4 heteroatoms. The lowest BCUT2D eigenvalue weighted by molar-refractivity contribution is 0.302. The van der Waals surface area contributed by atoms with Gasteiger partial charge in [0.2, 0.25) is 0 Å². The van der Waals surface area contributed by atoms with Crippen molar-refractivity contribution in [2.45, 2.75) is 45.2 Å². The van der Waals surface area contributed by atoms with Crippen LogP contribution in [0.1, 0.15) is 38.2 Å². The summed E-state index contributed by atoms with van der Waals surface area (Å²) in [5.41, 5.74) is 1.69. The van der Waals surface area contributed by atoms with Crippen molar-refractivity contribution in [2.75, 3.05) is 24.6 Å². The standard InChI is InChI=1S/C16H25FN2O/c1-2-19(9-10-20)16-11-13(7-8-15(16)17)12-18-14-5-3-4-6-14/h7-8,11,14,18,20H,2-6,9-10,12H2,1H3. The molecule has 2 rings (SSSR count).